The highest BCUT2D eigenvalue weighted by Gasteiger charge is 2.27. The SMILES string of the molecule is CCOC(=O)C#Cc1ccc(OC2CCc3c(-c4c(C)cc(OCC[C@@H](C)OC(C)=O)cc4C)cccc32)cc1. The van der Waals surface area contributed by atoms with E-state index in [4.69, 9.17) is 18.9 Å². The third-order valence-corrected chi connectivity index (χ3v) is 6.87. The number of carbonyl (C=O) groups excluding carboxylic acids is 2. The minimum absolute atomic E-state index is 0.0335. The Morgan fingerprint density at radius 1 is 1.02 bits per heavy atom. The lowest BCUT2D eigenvalue weighted by Crippen LogP contribution is -2.15. The van der Waals surface area contributed by atoms with Crippen molar-refractivity contribution in [3.05, 3.63) is 82.4 Å². The lowest BCUT2D eigenvalue weighted by Gasteiger charge is -2.18. The molecule has 1 aliphatic rings. The van der Waals surface area contributed by atoms with Gasteiger partial charge in [-0.15, -0.1) is 0 Å². The van der Waals surface area contributed by atoms with E-state index < -0.39 is 5.97 Å². The van der Waals surface area contributed by atoms with Crippen molar-refractivity contribution >= 4 is 11.9 Å². The van der Waals surface area contributed by atoms with Gasteiger partial charge in [0.1, 0.15) is 23.7 Å². The Labute approximate surface area is 236 Å². The van der Waals surface area contributed by atoms with E-state index in [-0.39, 0.29) is 18.2 Å². The molecule has 0 N–H and O–H groups in total. The summed E-state index contributed by atoms with van der Waals surface area (Å²) in [5, 5.41) is 0. The van der Waals surface area contributed by atoms with Gasteiger partial charge in [-0.25, -0.2) is 4.79 Å². The summed E-state index contributed by atoms with van der Waals surface area (Å²) >= 11 is 0. The number of carbonyl (C=O) groups is 2. The van der Waals surface area contributed by atoms with Gasteiger partial charge in [0.15, 0.2) is 0 Å². The molecule has 0 fully saturated rings. The molecule has 3 aromatic rings. The Bertz CT molecular complexity index is 1400. The first-order chi connectivity index (χ1) is 19.2. The van der Waals surface area contributed by atoms with Crippen molar-refractivity contribution in [3.63, 3.8) is 0 Å². The maximum Gasteiger partial charge on any atom is 0.384 e. The third-order valence-electron chi connectivity index (χ3n) is 6.87. The van der Waals surface area contributed by atoms with Crippen LogP contribution in [0.2, 0.25) is 0 Å². The van der Waals surface area contributed by atoms with Gasteiger partial charge in [0, 0.05) is 24.8 Å². The Morgan fingerprint density at radius 2 is 1.75 bits per heavy atom. The fraction of sp³-hybridized carbons (Fsp3) is 0.353. The van der Waals surface area contributed by atoms with E-state index in [1.54, 1.807) is 6.92 Å². The van der Waals surface area contributed by atoms with Crippen molar-refractivity contribution in [2.75, 3.05) is 13.2 Å². The third kappa shape index (κ3) is 7.24. The second kappa shape index (κ2) is 13.2. The summed E-state index contributed by atoms with van der Waals surface area (Å²) in [5.41, 5.74) is 8.02. The molecule has 1 aliphatic carbocycles. The molecule has 0 amide bonds. The van der Waals surface area contributed by atoms with Gasteiger partial charge in [-0.2, -0.15) is 0 Å². The van der Waals surface area contributed by atoms with Crippen LogP contribution in [-0.4, -0.2) is 31.3 Å². The summed E-state index contributed by atoms with van der Waals surface area (Å²) in [5.74, 6) is 6.09. The predicted octanol–water partition coefficient (Wildman–Crippen LogP) is 6.67. The highest BCUT2D eigenvalue weighted by molar-refractivity contribution is 5.89. The summed E-state index contributed by atoms with van der Waals surface area (Å²) < 4.78 is 22.4. The largest absolute Gasteiger partial charge is 0.493 e. The van der Waals surface area contributed by atoms with E-state index in [1.807, 2.05) is 31.2 Å². The van der Waals surface area contributed by atoms with Crippen LogP contribution in [0.15, 0.2) is 54.6 Å². The molecule has 0 aliphatic heterocycles. The Kier molecular flexibility index (Phi) is 9.50. The van der Waals surface area contributed by atoms with Crippen LogP contribution in [0.1, 0.15) is 67.5 Å². The molecule has 0 bridgehead atoms. The normalized spacial score (nSPS) is 14.4. The van der Waals surface area contributed by atoms with Crippen molar-refractivity contribution in [2.45, 2.75) is 66.1 Å². The molecule has 40 heavy (non-hydrogen) atoms. The average Bonchev–Trinajstić information content (AvgIpc) is 3.31. The van der Waals surface area contributed by atoms with Crippen molar-refractivity contribution < 1.29 is 28.5 Å². The van der Waals surface area contributed by atoms with E-state index in [0.29, 0.717) is 19.6 Å². The van der Waals surface area contributed by atoms with Crippen molar-refractivity contribution in [3.8, 4) is 34.5 Å². The molecule has 0 spiro atoms. The summed E-state index contributed by atoms with van der Waals surface area (Å²) in [7, 11) is 0. The van der Waals surface area contributed by atoms with Gasteiger partial charge >= 0.3 is 11.9 Å². The smallest absolute Gasteiger partial charge is 0.384 e. The number of benzene rings is 3. The molecule has 208 valence electrons. The van der Waals surface area contributed by atoms with Crippen LogP contribution in [0, 0.1) is 25.7 Å². The highest BCUT2D eigenvalue weighted by Crippen LogP contribution is 2.42. The molecule has 4 rings (SSSR count). The van der Waals surface area contributed by atoms with Crippen molar-refractivity contribution in [1.29, 1.82) is 0 Å². The highest BCUT2D eigenvalue weighted by atomic mass is 16.5. The number of fused-ring (bicyclic) bond motifs is 1. The topological polar surface area (TPSA) is 71.1 Å². The van der Waals surface area contributed by atoms with Crippen LogP contribution < -0.4 is 9.47 Å². The molecule has 2 atom stereocenters. The number of hydrogen-bond donors (Lipinski definition) is 0. The molecule has 0 radical (unpaired) electrons. The predicted molar refractivity (Wildman–Crippen MR) is 154 cm³/mol. The quantitative estimate of drug-likeness (QED) is 0.223. The monoisotopic (exact) mass is 540 g/mol. The lowest BCUT2D eigenvalue weighted by atomic mass is 9.90. The van der Waals surface area contributed by atoms with Gasteiger partial charge in [-0.05, 0) is 110 Å². The first kappa shape index (κ1) is 28.8. The average molecular weight is 541 g/mol. The van der Waals surface area contributed by atoms with Crippen LogP contribution in [0.3, 0.4) is 0 Å². The maximum atomic E-state index is 11.5. The van der Waals surface area contributed by atoms with Crippen LogP contribution >= 0.6 is 0 Å². The molecule has 1 unspecified atom stereocenters. The fourth-order valence-electron chi connectivity index (χ4n) is 5.16. The number of aryl methyl sites for hydroxylation is 2. The first-order valence-corrected chi connectivity index (χ1v) is 13.7. The minimum atomic E-state index is -0.528. The summed E-state index contributed by atoms with van der Waals surface area (Å²) in [6, 6.07) is 18.1. The van der Waals surface area contributed by atoms with Crippen LogP contribution in [0.25, 0.3) is 11.1 Å². The fourth-order valence-corrected chi connectivity index (χ4v) is 5.16. The van der Waals surface area contributed by atoms with Gasteiger partial charge in [-0.1, -0.05) is 24.1 Å². The first-order valence-electron chi connectivity index (χ1n) is 13.7. The Morgan fingerprint density at radius 3 is 2.42 bits per heavy atom. The molecule has 0 saturated carbocycles. The molecule has 0 aromatic heterocycles. The zero-order valence-corrected chi connectivity index (χ0v) is 23.8. The van der Waals surface area contributed by atoms with Gasteiger partial charge in [-0.3, -0.25) is 4.79 Å². The van der Waals surface area contributed by atoms with Gasteiger partial charge in [0.25, 0.3) is 0 Å². The van der Waals surface area contributed by atoms with Gasteiger partial charge < -0.3 is 18.9 Å². The molecular formula is C34H36O6. The summed E-state index contributed by atoms with van der Waals surface area (Å²) in [4.78, 5) is 22.6. The number of rotatable bonds is 9. The van der Waals surface area contributed by atoms with E-state index in [2.05, 4.69) is 56.0 Å². The number of hydrogen-bond acceptors (Lipinski definition) is 6. The van der Waals surface area contributed by atoms with E-state index in [1.165, 1.54) is 29.2 Å². The van der Waals surface area contributed by atoms with E-state index in [0.717, 1.165) is 41.0 Å². The molecule has 0 heterocycles. The lowest BCUT2D eigenvalue weighted by molar-refractivity contribution is -0.146. The van der Waals surface area contributed by atoms with E-state index >= 15 is 0 Å². The van der Waals surface area contributed by atoms with E-state index in [9.17, 15) is 9.59 Å². The summed E-state index contributed by atoms with van der Waals surface area (Å²) in [6.45, 7) is 10.1. The molecule has 0 saturated heterocycles. The van der Waals surface area contributed by atoms with Crippen molar-refractivity contribution in [1.82, 2.24) is 0 Å². The maximum absolute atomic E-state index is 11.5. The second-order valence-corrected chi connectivity index (χ2v) is 10.0. The molecule has 6 heteroatoms. The number of ether oxygens (including phenoxy) is 4. The number of esters is 2. The minimum Gasteiger partial charge on any atom is -0.493 e. The second-order valence-electron chi connectivity index (χ2n) is 10.0. The van der Waals surface area contributed by atoms with Crippen LogP contribution in [0.4, 0.5) is 0 Å². The molecule has 6 nitrogen and oxygen atoms in total. The van der Waals surface area contributed by atoms with Gasteiger partial charge in [0.05, 0.1) is 13.2 Å². The zero-order chi connectivity index (χ0) is 28.6. The summed E-state index contributed by atoms with van der Waals surface area (Å²) in [6.07, 6.45) is 2.26. The standard InChI is InChI=1S/C34H36O6/c1-6-37-33(36)17-12-26-10-13-27(14-11-26)40-32-16-15-29-30(32)8-7-9-31(29)34-22(2)20-28(21-23(34)3)38-19-18-24(4)39-25(5)35/h7-11,13-14,20-21,24,32H,6,15-16,18-19H2,1-5H3/t24-,32?/m1/s1. The van der Waals surface area contributed by atoms with Crippen LogP contribution in [-0.2, 0) is 25.5 Å². The van der Waals surface area contributed by atoms with Crippen molar-refractivity contribution in [2.24, 2.45) is 0 Å². The molecular weight excluding hydrogens is 504 g/mol. The van der Waals surface area contributed by atoms with Gasteiger partial charge in [0.2, 0.25) is 0 Å². The molecule has 3 aromatic carbocycles. The van der Waals surface area contributed by atoms with Crippen LogP contribution in [0.5, 0.6) is 11.5 Å². The zero-order valence-electron chi connectivity index (χ0n) is 23.8. The Balaban J connectivity index is 1.46. The Hall–Kier alpha value is -4.24.